The quantitative estimate of drug-likeness (QED) is 0.586. The predicted octanol–water partition coefficient (Wildman–Crippen LogP) is 5.04. The number of hydrogen-bond acceptors (Lipinski definition) is 3. The Bertz CT molecular complexity index is 800. The van der Waals surface area contributed by atoms with Gasteiger partial charge in [-0.15, -0.1) is 0 Å². The molecule has 0 aliphatic rings. The molecule has 2 rings (SSSR count). The molecular formula is C22H27BrN2O3. The fourth-order valence-electron chi connectivity index (χ4n) is 2.85. The van der Waals surface area contributed by atoms with Crippen LogP contribution in [0.15, 0.2) is 46.9 Å². The standard InChI is InChI=1S/C22H27BrN2O3/c1-4-12-25(13-5-2)22(27)17-6-9-19(10-7-17)24-21(26)15-28-20-11-8-18(23)14-16(20)3/h6-11,14H,4-5,12-13,15H2,1-3H3,(H,24,26). The first-order valence-electron chi connectivity index (χ1n) is 9.52. The van der Waals surface area contributed by atoms with Gasteiger partial charge in [0.1, 0.15) is 5.75 Å². The topological polar surface area (TPSA) is 58.6 Å². The minimum Gasteiger partial charge on any atom is -0.483 e. The first-order valence-corrected chi connectivity index (χ1v) is 10.3. The average Bonchev–Trinajstić information content (AvgIpc) is 2.67. The molecule has 0 unspecified atom stereocenters. The van der Waals surface area contributed by atoms with Crippen LogP contribution in [0.4, 0.5) is 5.69 Å². The molecular weight excluding hydrogens is 420 g/mol. The van der Waals surface area contributed by atoms with Crippen molar-refractivity contribution < 1.29 is 14.3 Å². The van der Waals surface area contributed by atoms with E-state index in [9.17, 15) is 9.59 Å². The third-order valence-corrected chi connectivity index (χ3v) is 4.68. The van der Waals surface area contributed by atoms with Crippen molar-refractivity contribution in [3.63, 3.8) is 0 Å². The Morgan fingerprint density at radius 1 is 1.04 bits per heavy atom. The highest BCUT2D eigenvalue weighted by Crippen LogP contribution is 2.22. The number of hydrogen-bond donors (Lipinski definition) is 1. The van der Waals surface area contributed by atoms with Crippen LogP contribution in [-0.2, 0) is 4.79 Å². The SMILES string of the molecule is CCCN(CCC)C(=O)c1ccc(NC(=O)COc2ccc(Br)cc2C)cc1. The van der Waals surface area contributed by atoms with Crippen molar-refractivity contribution in [2.75, 3.05) is 25.0 Å². The second kappa shape index (κ2) is 10.9. The van der Waals surface area contributed by atoms with Gasteiger partial charge in [0.2, 0.25) is 0 Å². The van der Waals surface area contributed by atoms with E-state index in [1.807, 2.05) is 30.0 Å². The maximum atomic E-state index is 12.6. The summed E-state index contributed by atoms with van der Waals surface area (Å²) in [7, 11) is 0. The van der Waals surface area contributed by atoms with E-state index >= 15 is 0 Å². The van der Waals surface area contributed by atoms with E-state index in [4.69, 9.17) is 4.74 Å². The number of anilines is 1. The fraction of sp³-hybridized carbons (Fsp3) is 0.364. The zero-order valence-electron chi connectivity index (χ0n) is 16.6. The van der Waals surface area contributed by atoms with E-state index in [0.717, 1.165) is 36.0 Å². The second-order valence-corrected chi connectivity index (χ2v) is 7.53. The highest BCUT2D eigenvalue weighted by molar-refractivity contribution is 9.10. The molecule has 0 bridgehead atoms. The number of halogens is 1. The van der Waals surface area contributed by atoms with Gasteiger partial charge in [0.15, 0.2) is 6.61 Å². The molecule has 0 spiro atoms. The Labute approximate surface area is 175 Å². The van der Waals surface area contributed by atoms with Crippen molar-refractivity contribution in [1.82, 2.24) is 4.90 Å². The number of nitrogens with one attached hydrogen (secondary N) is 1. The number of benzene rings is 2. The lowest BCUT2D eigenvalue weighted by molar-refractivity contribution is -0.118. The van der Waals surface area contributed by atoms with Crippen molar-refractivity contribution in [3.05, 3.63) is 58.1 Å². The highest BCUT2D eigenvalue weighted by atomic mass is 79.9. The van der Waals surface area contributed by atoms with E-state index in [-0.39, 0.29) is 18.4 Å². The summed E-state index contributed by atoms with van der Waals surface area (Å²) in [5.41, 5.74) is 2.21. The molecule has 150 valence electrons. The van der Waals surface area contributed by atoms with Crippen LogP contribution in [0.1, 0.15) is 42.6 Å². The lowest BCUT2D eigenvalue weighted by atomic mass is 10.1. The molecule has 5 nitrogen and oxygen atoms in total. The minimum atomic E-state index is -0.250. The molecule has 28 heavy (non-hydrogen) atoms. The summed E-state index contributed by atoms with van der Waals surface area (Å²) in [5.74, 6) is 0.446. The molecule has 0 atom stereocenters. The molecule has 0 aliphatic carbocycles. The number of amides is 2. The summed E-state index contributed by atoms with van der Waals surface area (Å²) in [5, 5.41) is 2.79. The van der Waals surface area contributed by atoms with Gasteiger partial charge in [-0.3, -0.25) is 9.59 Å². The van der Waals surface area contributed by atoms with Crippen molar-refractivity contribution in [3.8, 4) is 5.75 Å². The lowest BCUT2D eigenvalue weighted by Gasteiger charge is -2.21. The van der Waals surface area contributed by atoms with Crippen LogP contribution in [0.3, 0.4) is 0 Å². The third-order valence-electron chi connectivity index (χ3n) is 4.19. The predicted molar refractivity (Wildman–Crippen MR) is 116 cm³/mol. The lowest BCUT2D eigenvalue weighted by Crippen LogP contribution is -2.32. The van der Waals surface area contributed by atoms with Gasteiger partial charge in [-0.05, 0) is 67.8 Å². The summed E-state index contributed by atoms with van der Waals surface area (Å²) in [6.45, 7) is 7.47. The normalized spacial score (nSPS) is 10.4. The number of nitrogens with zero attached hydrogens (tertiary/aromatic N) is 1. The first kappa shape index (κ1) is 22.0. The van der Waals surface area contributed by atoms with Crippen molar-refractivity contribution in [1.29, 1.82) is 0 Å². The van der Waals surface area contributed by atoms with Crippen LogP contribution in [0.2, 0.25) is 0 Å². The molecule has 0 aliphatic heterocycles. The third kappa shape index (κ3) is 6.37. The van der Waals surface area contributed by atoms with Crippen molar-refractivity contribution in [2.24, 2.45) is 0 Å². The summed E-state index contributed by atoms with van der Waals surface area (Å²) >= 11 is 3.40. The molecule has 0 saturated carbocycles. The van der Waals surface area contributed by atoms with Crippen LogP contribution in [0.25, 0.3) is 0 Å². The smallest absolute Gasteiger partial charge is 0.262 e. The monoisotopic (exact) mass is 446 g/mol. The molecule has 0 saturated heterocycles. The van der Waals surface area contributed by atoms with Gasteiger partial charge in [0, 0.05) is 28.8 Å². The molecule has 1 N–H and O–H groups in total. The Balaban J connectivity index is 1.92. The van der Waals surface area contributed by atoms with Gasteiger partial charge in [-0.1, -0.05) is 29.8 Å². The zero-order valence-corrected chi connectivity index (χ0v) is 18.2. The largest absolute Gasteiger partial charge is 0.483 e. The van der Waals surface area contributed by atoms with E-state index in [1.54, 1.807) is 24.3 Å². The van der Waals surface area contributed by atoms with Crippen molar-refractivity contribution >= 4 is 33.4 Å². The molecule has 6 heteroatoms. The summed E-state index contributed by atoms with van der Waals surface area (Å²) < 4.78 is 6.54. The highest BCUT2D eigenvalue weighted by Gasteiger charge is 2.14. The van der Waals surface area contributed by atoms with Crippen LogP contribution in [-0.4, -0.2) is 36.4 Å². The first-order chi connectivity index (χ1) is 13.4. The van der Waals surface area contributed by atoms with Gasteiger partial charge in [0.05, 0.1) is 0 Å². The van der Waals surface area contributed by atoms with Gasteiger partial charge < -0.3 is 15.0 Å². The Morgan fingerprint density at radius 3 is 2.25 bits per heavy atom. The van der Waals surface area contributed by atoms with Crippen LogP contribution in [0, 0.1) is 6.92 Å². The van der Waals surface area contributed by atoms with Crippen LogP contribution < -0.4 is 10.1 Å². The molecule has 0 heterocycles. The Hall–Kier alpha value is -2.34. The number of carbonyl (C=O) groups excluding carboxylic acids is 2. The second-order valence-electron chi connectivity index (χ2n) is 6.62. The molecule has 2 amide bonds. The van der Waals surface area contributed by atoms with Crippen LogP contribution >= 0.6 is 15.9 Å². The van der Waals surface area contributed by atoms with Gasteiger partial charge >= 0.3 is 0 Å². The van der Waals surface area contributed by atoms with Crippen molar-refractivity contribution in [2.45, 2.75) is 33.6 Å². The Kier molecular flexibility index (Phi) is 8.51. The number of carbonyl (C=O) groups is 2. The summed E-state index contributed by atoms with van der Waals surface area (Å²) in [6.07, 6.45) is 1.86. The number of rotatable bonds is 9. The van der Waals surface area contributed by atoms with Gasteiger partial charge in [-0.25, -0.2) is 0 Å². The number of ether oxygens (including phenoxy) is 1. The molecule has 2 aromatic carbocycles. The summed E-state index contributed by atoms with van der Waals surface area (Å²) in [4.78, 5) is 26.6. The van der Waals surface area contributed by atoms with Gasteiger partial charge in [-0.2, -0.15) is 0 Å². The minimum absolute atomic E-state index is 0.0237. The van der Waals surface area contributed by atoms with E-state index < -0.39 is 0 Å². The van der Waals surface area contributed by atoms with E-state index in [0.29, 0.717) is 17.0 Å². The molecule has 2 aromatic rings. The zero-order chi connectivity index (χ0) is 20.5. The Morgan fingerprint density at radius 2 is 1.68 bits per heavy atom. The molecule has 0 aromatic heterocycles. The molecule has 0 radical (unpaired) electrons. The summed E-state index contributed by atoms with van der Waals surface area (Å²) in [6, 6.07) is 12.6. The fourth-order valence-corrected chi connectivity index (χ4v) is 3.32. The maximum absolute atomic E-state index is 12.6. The van der Waals surface area contributed by atoms with Gasteiger partial charge in [0.25, 0.3) is 11.8 Å². The molecule has 0 fully saturated rings. The van der Waals surface area contributed by atoms with E-state index in [1.165, 1.54) is 0 Å². The maximum Gasteiger partial charge on any atom is 0.262 e. The average molecular weight is 447 g/mol. The van der Waals surface area contributed by atoms with Crippen LogP contribution in [0.5, 0.6) is 5.75 Å². The van der Waals surface area contributed by atoms with E-state index in [2.05, 4.69) is 35.1 Å². The number of aryl methyl sites for hydroxylation is 1.